The fourth-order valence-corrected chi connectivity index (χ4v) is 5.69. The van der Waals surface area contributed by atoms with Gasteiger partial charge in [0.25, 0.3) is 0 Å². The summed E-state index contributed by atoms with van der Waals surface area (Å²) < 4.78 is 25.0. The Hall–Kier alpha value is -0.870. The quantitative estimate of drug-likeness (QED) is 0.675. The van der Waals surface area contributed by atoms with E-state index in [0.717, 1.165) is 47.7 Å². The summed E-state index contributed by atoms with van der Waals surface area (Å²) in [5, 5.41) is 0. The smallest absolute Gasteiger partial charge is 0.211 e. The number of aryl methyl sites for hydroxylation is 1. The zero-order valence-electron chi connectivity index (χ0n) is 17.7. The zero-order valence-corrected chi connectivity index (χ0v) is 20.1. The third kappa shape index (κ3) is 3.92. The SMILES string of the molecule is Cc1nc(N2CCC3(CO[C@@H](C)C3)C(N[S+]([O-])C(C)(C)C)C2)n2ccnc2c1Br. The molecule has 2 aliphatic heterocycles. The van der Waals surface area contributed by atoms with Crippen LogP contribution in [0.5, 0.6) is 0 Å². The molecule has 2 aromatic heterocycles. The topological polar surface area (TPSA) is 77.8 Å². The van der Waals surface area contributed by atoms with Gasteiger partial charge in [-0.3, -0.25) is 4.40 Å². The van der Waals surface area contributed by atoms with E-state index < -0.39 is 11.4 Å². The molecule has 2 fully saturated rings. The molecule has 7 nitrogen and oxygen atoms in total. The van der Waals surface area contributed by atoms with E-state index in [1.807, 2.05) is 38.3 Å². The summed E-state index contributed by atoms with van der Waals surface area (Å²) in [5.74, 6) is 0.883. The standard InChI is InChI=1S/C20H30BrN5O2S/c1-13-10-20(12-28-13)6-8-25(11-15(20)24-29(27)19(3,4)5)18-23-14(2)16(21)17-22-7-9-26(17)18/h7,9,13,15,24H,6,8,10-12H2,1-5H3/t13-,15?,20?,29?/m0/s1. The molecule has 4 heterocycles. The highest BCUT2D eigenvalue weighted by Crippen LogP contribution is 2.43. The van der Waals surface area contributed by atoms with Crippen molar-refractivity contribution >= 4 is 38.9 Å². The largest absolute Gasteiger partial charge is 0.598 e. The number of aromatic nitrogens is 3. The van der Waals surface area contributed by atoms with E-state index in [2.05, 4.69) is 37.5 Å². The van der Waals surface area contributed by atoms with Crippen molar-refractivity contribution in [3.8, 4) is 0 Å². The number of piperidine rings is 1. The Morgan fingerprint density at radius 3 is 2.83 bits per heavy atom. The lowest BCUT2D eigenvalue weighted by Gasteiger charge is -2.46. The average molecular weight is 484 g/mol. The van der Waals surface area contributed by atoms with Crippen molar-refractivity contribution in [2.24, 2.45) is 5.41 Å². The van der Waals surface area contributed by atoms with Crippen LogP contribution in [0.2, 0.25) is 0 Å². The van der Waals surface area contributed by atoms with Gasteiger partial charge in [-0.2, -0.15) is 0 Å². The fraction of sp³-hybridized carbons (Fsp3) is 0.700. The molecular weight excluding hydrogens is 454 g/mol. The first kappa shape index (κ1) is 21.4. The summed E-state index contributed by atoms with van der Waals surface area (Å²) in [7, 11) is 0. The Bertz CT molecular complexity index is 901. The fourth-order valence-electron chi connectivity index (χ4n) is 4.37. The lowest BCUT2D eigenvalue weighted by Crippen LogP contribution is -2.61. The average Bonchev–Trinajstić information content (AvgIpc) is 3.27. The van der Waals surface area contributed by atoms with E-state index in [9.17, 15) is 4.55 Å². The molecule has 2 aromatic rings. The van der Waals surface area contributed by atoms with Crippen LogP contribution in [0.1, 0.15) is 46.2 Å². The number of imidazole rings is 1. The van der Waals surface area contributed by atoms with Crippen LogP contribution < -0.4 is 9.62 Å². The zero-order chi connectivity index (χ0) is 21.0. The van der Waals surface area contributed by atoms with Crippen LogP contribution >= 0.6 is 15.9 Å². The number of hydrogen-bond donors (Lipinski definition) is 1. The van der Waals surface area contributed by atoms with Gasteiger partial charge in [-0.1, -0.05) is 0 Å². The summed E-state index contributed by atoms with van der Waals surface area (Å²) in [6.45, 7) is 12.5. The summed E-state index contributed by atoms with van der Waals surface area (Å²) >= 11 is 2.46. The van der Waals surface area contributed by atoms with Crippen molar-refractivity contribution in [2.45, 2.75) is 64.4 Å². The highest BCUT2D eigenvalue weighted by Gasteiger charge is 2.51. The number of fused-ring (bicyclic) bond motifs is 1. The Morgan fingerprint density at radius 2 is 2.17 bits per heavy atom. The van der Waals surface area contributed by atoms with Crippen molar-refractivity contribution in [3.63, 3.8) is 0 Å². The number of nitrogens with one attached hydrogen (secondary N) is 1. The lowest BCUT2D eigenvalue weighted by atomic mass is 9.73. The summed E-state index contributed by atoms with van der Waals surface area (Å²) in [5.41, 5.74) is 1.79. The molecule has 3 unspecified atom stereocenters. The molecule has 160 valence electrons. The van der Waals surface area contributed by atoms with E-state index in [-0.39, 0.29) is 22.3 Å². The van der Waals surface area contributed by atoms with Gasteiger partial charge in [0.05, 0.1) is 28.9 Å². The van der Waals surface area contributed by atoms with E-state index in [1.165, 1.54) is 0 Å². The number of hydrogen-bond acceptors (Lipinski definition) is 6. The van der Waals surface area contributed by atoms with Gasteiger partial charge in [0.15, 0.2) is 5.65 Å². The molecule has 4 rings (SSSR count). The second kappa shape index (κ2) is 7.67. The van der Waals surface area contributed by atoms with Crippen molar-refractivity contribution in [2.75, 3.05) is 24.6 Å². The van der Waals surface area contributed by atoms with Crippen molar-refractivity contribution < 1.29 is 9.29 Å². The van der Waals surface area contributed by atoms with E-state index >= 15 is 0 Å². The molecule has 2 aliphatic rings. The minimum Gasteiger partial charge on any atom is -0.598 e. The summed E-state index contributed by atoms with van der Waals surface area (Å²) in [6.07, 6.45) is 5.95. The molecule has 1 N–H and O–H groups in total. The summed E-state index contributed by atoms with van der Waals surface area (Å²) in [6, 6.07) is 0.0607. The number of anilines is 1. The van der Waals surface area contributed by atoms with Crippen LogP contribution in [-0.4, -0.2) is 55.5 Å². The molecule has 0 aromatic carbocycles. The maximum Gasteiger partial charge on any atom is 0.211 e. The monoisotopic (exact) mass is 483 g/mol. The first-order valence-corrected chi connectivity index (χ1v) is 12.1. The predicted octanol–water partition coefficient (Wildman–Crippen LogP) is 3.23. The molecular formula is C20H30BrN5O2S. The molecule has 0 amide bonds. The van der Waals surface area contributed by atoms with E-state index in [0.29, 0.717) is 6.61 Å². The molecule has 9 heteroatoms. The molecule has 0 bridgehead atoms. The van der Waals surface area contributed by atoms with Gasteiger partial charge >= 0.3 is 0 Å². The maximum absolute atomic E-state index is 13.0. The third-order valence-electron chi connectivity index (χ3n) is 6.10. The Balaban J connectivity index is 1.67. The first-order valence-electron chi connectivity index (χ1n) is 10.1. The minimum absolute atomic E-state index is 0.00921. The number of ether oxygens (including phenoxy) is 1. The van der Waals surface area contributed by atoms with E-state index in [1.54, 1.807) is 6.20 Å². The molecule has 29 heavy (non-hydrogen) atoms. The van der Waals surface area contributed by atoms with Crippen molar-refractivity contribution in [3.05, 3.63) is 22.6 Å². The highest BCUT2D eigenvalue weighted by atomic mass is 79.9. The Kier molecular flexibility index (Phi) is 5.65. The van der Waals surface area contributed by atoms with Gasteiger partial charge < -0.3 is 14.2 Å². The maximum atomic E-state index is 13.0. The van der Waals surface area contributed by atoms with Gasteiger partial charge in [0.2, 0.25) is 5.95 Å². The molecule has 0 radical (unpaired) electrons. The Morgan fingerprint density at radius 1 is 1.41 bits per heavy atom. The van der Waals surface area contributed by atoms with Gasteiger partial charge in [-0.25, -0.2) is 9.97 Å². The Labute approximate surface area is 184 Å². The van der Waals surface area contributed by atoms with Gasteiger partial charge in [0, 0.05) is 42.3 Å². The second-order valence-corrected chi connectivity index (χ2v) is 12.2. The molecule has 0 aliphatic carbocycles. The van der Waals surface area contributed by atoms with Crippen molar-refractivity contribution in [1.82, 2.24) is 19.1 Å². The lowest BCUT2D eigenvalue weighted by molar-refractivity contribution is 0.0871. The molecule has 4 atom stereocenters. The van der Waals surface area contributed by atoms with Crippen LogP contribution in [0.25, 0.3) is 5.65 Å². The van der Waals surface area contributed by atoms with E-state index in [4.69, 9.17) is 9.72 Å². The molecule has 2 saturated heterocycles. The normalized spacial score (nSPS) is 29.1. The number of nitrogens with zero attached hydrogens (tertiary/aromatic N) is 4. The van der Waals surface area contributed by atoms with Gasteiger partial charge in [-0.05, 0) is 63.4 Å². The third-order valence-corrected chi connectivity index (χ3v) is 8.64. The van der Waals surface area contributed by atoms with Crippen molar-refractivity contribution in [1.29, 1.82) is 0 Å². The van der Waals surface area contributed by atoms with Crippen LogP contribution in [0.4, 0.5) is 5.95 Å². The predicted molar refractivity (Wildman–Crippen MR) is 120 cm³/mol. The van der Waals surface area contributed by atoms with Gasteiger partial charge in [0.1, 0.15) is 4.75 Å². The van der Waals surface area contributed by atoms with Crippen LogP contribution in [0, 0.1) is 12.3 Å². The number of rotatable bonds is 3. The minimum atomic E-state index is -1.15. The van der Waals surface area contributed by atoms with Crippen LogP contribution in [0.3, 0.4) is 0 Å². The summed E-state index contributed by atoms with van der Waals surface area (Å²) in [4.78, 5) is 11.6. The first-order chi connectivity index (χ1) is 13.6. The highest BCUT2D eigenvalue weighted by molar-refractivity contribution is 9.10. The molecule has 0 saturated carbocycles. The van der Waals surface area contributed by atoms with Gasteiger partial charge in [-0.15, -0.1) is 4.72 Å². The number of halogens is 1. The van der Waals surface area contributed by atoms with Crippen LogP contribution in [-0.2, 0) is 16.1 Å². The second-order valence-electron chi connectivity index (χ2n) is 9.37. The van der Waals surface area contributed by atoms with Crippen LogP contribution in [0.15, 0.2) is 16.9 Å². The molecule has 1 spiro atoms.